The van der Waals surface area contributed by atoms with Gasteiger partial charge < -0.3 is 4.90 Å². The van der Waals surface area contributed by atoms with Gasteiger partial charge in [0, 0.05) is 22.5 Å². The number of benzene rings is 9. The van der Waals surface area contributed by atoms with Crippen molar-refractivity contribution in [2.75, 3.05) is 4.90 Å². The number of fused-ring (bicyclic) bond motifs is 8. The minimum Gasteiger partial charge on any atom is -0.310 e. The van der Waals surface area contributed by atoms with E-state index in [0.29, 0.717) is 0 Å². The monoisotopic (exact) mass is 701 g/mol. The van der Waals surface area contributed by atoms with Crippen LogP contribution in [0.1, 0.15) is 47.2 Å². The molecule has 260 valence electrons. The van der Waals surface area contributed by atoms with Crippen molar-refractivity contribution in [1.29, 1.82) is 0 Å². The maximum Gasteiger partial charge on any atom is 0.0714 e. The molecule has 0 amide bonds. The Morgan fingerprint density at radius 2 is 0.764 bits per heavy atom. The summed E-state index contributed by atoms with van der Waals surface area (Å²) in [5.74, 6) is 0. The van der Waals surface area contributed by atoms with Crippen LogP contribution in [0.15, 0.2) is 200 Å². The highest BCUT2D eigenvalue weighted by Crippen LogP contribution is 2.58. The summed E-state index contributed by atoms with van der Waals surface area (Å²) in [6.07, 6.45) is 0. The van der Waals surface area contributed by atoms with Crippen molar-refractivity contribution in [3.63, 3.8) is 0 Å². The summed E-state index contributed by atoms with van der Waals surface area (Å²) in [5, 5.41) is 4.97. The fourth-order valence-electron chi connectivity index (χ4n) is 9.89. The summed E-state index contributed by atoms with van der Waals surface area (Å²) in [7, 11) is 0. The van der Waals surface area contributed by atoms with Crippen LogP contribution in [-0.2, 0) is 10.8 Å². The molecule has 1 heteroatoms. The first-order valence-electron chi connectivity index (χ1n) is 19.3. The molecule has 0 saturated heterocycles. The lowest BCUT2D eigenvalue weighted by atomic mass is 9.67. The molecule has 0 unspecified atom stereocenters. The van der Waals surface area contributed by atoms with Crippen molar-refractivity contribution in [3.05, 3.63) is 234 Å². The summed E-state index contributed by atoms with van der Waals surface area (Å²) >= 11 is 0. The smallest absolute Gasteiger partial charge is 0.0714 e. The zero-order valence-electron chi connectivity index (χ0n) is 31.0. The lowest BCUT2D eigenvalue weighted by Gasteiger charge is -2.35. The van der Waals surface area contributed by atoms with Gasteiger partial charge in [-0.05, 0) is 126 Å². The molecule has 0 N–H and O–H groups in total. The Hall–Kier alpha value is -6.70. The minimum atomic E-state index is -0.524. The summed E-state index contributed by atoms with van der Waals surface area (Å²) in [4.78, 5) is 2.48. The highest BCUT2D eigenvalue weighted by atomic mass is 15.1. The number of nitrogens with zero attached hydrogens (tertiary/aromatic N) is 1. The van der Waals surface area contributed by atoms with Gasteiger partial charge in [0.2, 0.25) is 0 Å². The lowest BCUT2D eigenvalue weighted by molar-refractivity contribution is 0.660. The summed E-state index contributed by atoms with van der Waals surface area (Å²) in [6.45, 7) is 4.74. The number of anilines is 3. The van der Waals surface area contributed by atoms with Gasteiger partial charge in [-0.1, -0.05) is 166 Å². The Morgan fingerprint density at radius 3 is 1.44 bits per heavy atom. The molecule has 11 rings (SSSR count). The van der Waals surface area contributed by atoms with Gasteiger partial charge in [0.05, 0.1) is 5.41 Å². The zero-order chi connectivity index (χ0) is 36.7. The fourth-order valence-corrected chi connectivity index (χ4v) is 9.89. The molecule has 55 heavy (non-hydrogen) atoms. The molecule has 0 bridgehead atoms. The Labute approximate surface area is 322 Å². The van der Waals surface area contributed by atoms with E-state index in [-0.39, 0.29) is 5.41 Å². The van der Waals surface area contributed by atoms with E-state index in [4.69, 9.17) is 0 Å². The van der Waals surface area contributed by atoms with E-state index in [1.807, 2.05) is 0 Å². The van der Waals surface area contributed by atoms with Crippen LogP contribution in [0.3, 0.4) is 0 Å². The molecule has 0 aromatic heterocycles. The SMILES string of the molecule is CC1(C)c2ccccc2-c2ccc(N(c3ccc4c(c3)C(c3ccccc3)(c3ccccc3)c3cc5ccccc5cc3-4)c3ccc4ccccc4c3)cc21. The molecule has 0 spiro atoms. The fraction of sp³-hybridized carbons (Fsp3) is 0.0741. The summed E-state index contributed by atoms with van der Waals surface area (Å²) in [5.41, 5.74) is 15.9. The predicted molar refractivity (Wildman–Crippen MR) is 231 cm³/mol. The molecule has 0 fully saturated rings. The summed E-state index contributed by atoms with van der Waals surface area (Å²) < 4.78 is 0. The van der Waals surface area contributed by atoms with Crippen LogP contribution in [0.4, 0.5) is 17.1 Å². The molecule has 1 nitrogen and oxygen atoms in total. The Kier molecular flexibility index (Phi) is 6.88. The second-order valence-corrected chi connectivity index (χ2v) is 15.7. The molecular formula is C54H39N. The first-order chi connectivity index (χ1) is 27.0. The van der Waals surface area contributed by atoms with Crippen LogP contribution < -0.4 is 4.90 Å². The van der Waals surface area contributed by atoms with Crippen molar-refractivity contribution in [2.24, 2.45) is 0 Å². The van der Waals surface area contributed by atoms with Crippen LogP contribution in [-0.4, -0.2) is 0 Å². The van der Waals surface area contributed by atoms with E-state index in [2.05, 4.69) is 219 Å². The van der Waals surface area contributed by atoms with E-state index < -0.39 is 5.41 Å². The molecule has 0 atom stereocenters. The Bertz CT molecular complexity index is 2920. The van der Waals surface area contributed by atoms with Gasteiger partial charge in [-0.25, -0.2) is 0 Å². The van der Waals surface area contributed by atoms with Crippen LogP contribution >= 0.6 is 0 Å². The molecule has 9 aromatic carbocycles. The third kappa shape index (κ3) is 4.60. The van der Waals surface area contributed by atoms with Gasteiger partial charge in [-0.15, -0.1) is 0 Å². The lowest BCUT2D eigenvalue weighted by Crippen LogP contribution is -2.28. The highest BCUT2D eigenvalue weighted by molar-refractivity contribution is 5.98. The molecule has 2 aliphatic carbocycles. The van der Waals surface area contributed by atoms with E-state index >= 15 is 0 Å². The number of rotatable bonds is 5. The van der Waals surface area contributed by atoms with Gasteiger partial charge in [0.15, 0.2) is 0 Å². The molecule has 0 radical (unpaired) electrons. The molecule has 0 saturated carbocycles. The maximum atomic E-state index is 2.49. The van der Waals surface area contributed by atoms with Gasteiger partial charge in [0.1, 0.15) is 0 Å². The van der Waals surface area contributed by atoms with E-state index in [9.17, 15) is 0 Å². The molecular weight excluding hydrogens is 663 g/mol. The van der Waals surface area contributed by atoms with E-state index in [1.54, 1.807) is 0 Å². The van der Waals surface area contributed by atoms with Gasteiger partial charge in [-0.2, -0.15) is 0 Å². The topological polar surface area (TPSA) is 3.24 Å². The van der Waals surface area contributed by atoms with Crippen molar-refractivity contribution in [1.82, 2.24) is 0 Å². The highest BCUT2D eigenvalue weighted by Gasteiger charge is 2.47. The van der Waals surface area contributed by atoms with E-state index in [1.165, 1.54) is 77.2 Å². The average Bonchev–Trinajstić information content (AvgIpc) is 3.65. The van der Waals surface area contributed by atoms with Crippen LogP contribution in [0.2, 0.25) is 0 Å². The van der Waals surface area contributed by atoms with Gasteiger partial charge >= 0.3 is 0 Å². The second kappa shape index (κ2) is 11.9. The van der Waals surface area contributed by atoms with Gasteiger partial charge in [-0.3, -0.25) is 0 Å². The molecule has 0 heterocycles. The average molecular weight is 702 g/mol. The normalized spacial score (nSPS) is 14.3. The van der Waals surface area contributed by atoms with Crippen molar-refractivity contribution in [2.45, 2.75) is 24.7 Å². The summed E-state index contributed by atoms with van der Waals surface area (Å²) in [6, 6.07) is 74.7. The van der Waals surface area contributed by atoms with Gasteiger partial charge in [0.25, 0.3) is 0 Å². The van der Waals surface area contributed by atoms with Crippen LogP contribution in [0.5, 0.6) is 0 Å². The Balaban J connectivity index is 1.20. The third-order valence-electron chi connectivity index (χ3n) is 12.5. The zero-order valence-corrected chi connectivity index (χ0v) is 31.0. The third-order valence-corrected chi connectivity index (χ3v) is 12.5. The second-order valence-electron chi connectivity index (χ2n) is 15.7. The maximum absolute atomic E-state index is 2.49. The first-order valence-corrected chi connectivity index (χ1v) is 19.3. The molecule has 9 aromatic rings. The molecule has 0 aliphatic heterocycles. The van der Waals surface area contributed by atoms with Crippen molar-refractivity contribution in [3.8, 4) is 22.3 Å². The Morgan fingerprint density at radius 1 is 0.309 bits per heavy atom. The van der Waals surface area contributed by atoms with Crippen molar-refractivity contribution < 1.29 is 0 Å². The largest absolute Gasteiger partial charge is 0.310 e. The predicted octanol–water partition coefficient (Wildman–Crippen LogP) is 14.1. The van der Waals surface area contributed by atoms with Crippen molar-refractivity contribution >= 4 is 38.6 Å². The first kappa shape index (κ1) is 31.8. The molecule has 2 aliphatic rings. The van der Waals surface area contributed by atoms with Crippen LogP contribution in [0.25, 0.3) is 43.8 Å². The van der Waals surface area contributed by atoms with Crippen LogP contribution in [0, 0.1) is 0 Å². The quantitative estimate of drug-likeness (QED) is 0.173. The van der Waals surface area contributed by atoms with E-state index in [0.717, 1.165) is 17.1 Å². The minimum absolute atomic E-state index is 0.117. The number of hydrogen-bond acceptors (Lipinski definition) is 1. The standard InChI is InChI=1S/C54H39N/c1-53(2)49-24-14-13-23-45(49)46-29-27-43(34-50(46)53)55(42-26-25-36-15-9-10-16-37(36)31-42)44-28-30-47-48-32-38-17-11-12-18-39(38)33-51(48)54(52(47)35-44,40-19-5-3-6-20-40)41-21-7-4-8-22-41/h3-35H,1-2H3. The number of hydrogen-bond donors (Lipinski definition) is 0.